The van der Waals surface area contributed by atoms with E-state index in [4.69, 9.17) is 4.74 Å². The Labute approximate surface area is 147 Å². The summed E-state index contributed by atoms with van der Waals surface area (Å²) in [4.78, 5) is 17.0. The third-order valence-corrected chi connectivity index (χ3v) is 6.43. The van der Waals surface area contributed by atoms with Gasteiger partial charge in [0.2, 0.25) is 16.0 Å². The van der Waals surface area contributed by atoms with Crippen molar-refractivity contribution in [2.24, 2.45) is 4.99 Å². The lowest BCUT2D eigenvalue weighted by Gasteiger charge is -2.29. The molecule has 1 N–H and O–H groups in total. The number of rotatable bonds is 1. The van der Waals surface area contributed by atoms with Gasteiger partial charge in [0.05, 0.1) is 5.75 Å². The van der Waals surface area contributed by atoms with Crippen LogP contribution in [0.1, 0.15) is 31.7 Å². The molecule has 0 saturated carbocycles. The second-order valence-electron chi connectivity index (χ2n) is 6.01. The van der Waals surface area contributed by atoms with Gasteiger partial charge >= 0.3 is 6.09 Å². The van der Waals surface area contributed by atoms with E-state index in [-0.39, 0.29) is 11.7 Å². The molecule has 1 atom stereocenters. The second-order valence-corrected chi connectivity index (χ2v) is 9.91. The van der Waals surface area contributed by atoms with Gasteiger partial charge in [-0.05, 0) is 42.8 Å². The van der Waals surface area contributed by atoms with Gasteiger partial charge in [-0.2, -0.15) is 0 Å². The first-order valence-electron chi connectivity index (χ1n) is 6.76. The van der Waals surface area contributed by atoms with Crippen molar-refractivity contribution >= 4 is 49.3 Å². The van der Waals surface area contributed by atoms with Crippen LogP contribution in [0.4, 0.5) is 4.79 Å². The lowest BCUT2D eigenvalue weighted by Crippen LogP contribution is -2.50. The van der Waals surface area contributed by atoms with Gasteiger partial charge in [-0.25, -0.2) is 22.5 Å². The molecule has 2 rings (SSSR count). The predicted octanol–water partition coefficient (Wildman–Crippen LogP) is 2.71. The standard InChI is InChI=1S/C13H18BrN3O4S2/c1-13(2,3)21-12(18)16-11-15-9(7-23(19,20)17(11)4)10-5-8(14)6-22-10/h5-6,9H,7H2,1-4H3,(H,15,16,18)/t9-/m0/s1. The van der Waals surface area contributed by atoms with Crippen LogP contribution in [0, 0.1) is 0 Å². The van der Waals surface area contributed by atoms with Crippen molar-refractivity contribution in [3.05, 3.63) is 20.8 Å². The number of halogens is 1. The summed E-state index contributed by atoms with van der Waals surface area (Å²) in [6, 6.07) is 1.27. The molecule has 23 heavy (non-hydrogen) atoms. The number of thiophene rings is 1. The summed E-state index contributed by atoms with van der Waals surface area (Å²) in [6.07, 6.45) is -0.744. The lowest BCUT2D eigenvalue weighted by molar-refractivity contribution is 0.0559. The fraction of sp³-hybridized carbons (Fsp3) is 0.538. The first-order chi connectivity index (χ1) is 10.5. The van der Waals surface area contributed by atoms with E-state index in [2.05, 4.69) is 26.2 Å². The fourth-order valence-corrected chi connectivity index (χ4v) is 4.69. The van der Waals surface area contributed by atoms with Crippen LogP contribution < -0.4 is 5.32 Å². The third-order valence-electron chi connectivity index (χ3n) is 2.89. The van der Waals surface area contributed by atoms with E-state index in [0.717, 1.165) is 13.7 Å². The Bertz CT molecular complexity index is 737. The fourth-order valence-electron chi connectivity index (χ4n) is 1.86. The van der Waals surface area contributed by atoms with Crippen molar-refractivity contribution in [2.75, 3.05) is 12.8 Å². The van der Waals surface area contributed by atoms with Crippen molar-refractivity contribution < 1.29 is 17.9 Å². The Morgan fingerprint density at radius 3 is 2.70 bits per heavy atom. The van der Waals surface area contributed by atoms with E-state index in [1.165, 1.54) is 18.4 Å². The van der Waals surface area contributed by atoms with Crippen molar-refractivity contribution in [1.82, 2.24) is 9.62 Å². The molecule has 0 aromatic carbocycles. The summed E-state index contributed by atoms with van der Waals surface area (Å²) in [5, 5.41) is 4.27. The van der Waals surface area contributed by atoms with Crippen LogP contribution in [-0.4, -0.2) is 43.2 Å². The molecular weight excluding hydrogens is 406 g/mol. The molecule has 1 aliphatic heterocycles. The summed E-state index contributed by atoms with van der Waals surface area (Å²) in [5.74, 6) is -0.185. The number of guanidine groups is 1. The Kier molecular flexibility index (Phi) is 5.07. The maximum Gasteiger partial charge on any atom is 0.414 e. The van der Waals surface area contributed by atoms with Gasteiger partial charge in [-0.1, -0.05) is 0 Å². The number of ether oxygens (including phenoxy) is 1. The van der Waals surface area contributed by atoms with E-state index in [9.17, 15) is 13.2 Å². The molecule has 10 heteroatoms. The molecule has 1 aromatic rings. The second kappa shape index (κ2) is 6.40. The number of alkyl carbamates (subject to hydrolysis) is 1. The van der Waals surface area contributed by atoms with Gasteiger partial charge in [0.25, 0.3) is 0 Å². The molecule has 7 nitrogen and oxygen atoms in total. The Balaban J connectivity index is 2.27. The van der Waals surface area contributed by atoms with Crippen LogP contribution in [0.3, 0.4) is 0 Å². The predicted molar refractivity (Wildman–Crippen MR) is 93.1 cm³/mol. The van der Waals surface area contributed by atoms with Crippen LogP contribution in [0.5, 0.6) is 0 Å². The monoisotopic (exact) mass is 423 g/mol. The van der Waals surface area contributed by atoms with Crippen LogP contribution >= 0.6 is 27.3 Å². The molecule has 0 radical (unpaired) electrons. The maximum atomic E-state index is 12.3. The smallest absolute Gasteiger partial charge is 0.414 e. The molecule has 1 amide bonds. The van der Waals surface area contributed by atoms with Crippen LogP contribution in [0.2, 0.25) is 0 Å². The number of carbonyl (C=O) groups excluding carboxylic acids is 1. The van der Waals surface area contributed by atoms with Crippen LogP contribution in [0.25, 0.3) is 0 Å². The van der Waals surface area contributed by atoms with Gasteiger partial charge < -0.3 is 4.74 Å². The summed E-state index contributed by atoms with van der Waals surface area (Å²) in [6.45, 7) is 5.17. The molecule has 0 unspecified atom stereocenters. The Morgan fingerprint density at radius 1 is 1.52 bits per heavy atom. The lowest BCUT2D eigenvalue weighted by atomic mass is 10.2. The molecule has 0 aliphatic carbocycles. The SMILES string of the molecule is CN1C(NC(=O)OC(C)(C)C)=N[C@H](c2cc(Br)cs2)CS1(=O)=O. The van der Waals surface area contributed by atoms with Crippen LogP contribution in [-0.2, 0) is 14.8 Å². The van der Waals surface area contributed by atoms with Gasteiger partial charge in [0, 0.05) is 21.8 Å². The normalized spacial score (nSPS) is 20.8. The van der Waals surface area contributed by atoms with Crippen LogP contribution in [0.15, 0.2) is 20.9 Å². The van der Waals surface area contributed by atoms with E-state index in [1.807, 2.05) is 11.4 Å². The zero-order chi connectivity index (χ0) is 17.4. The highest BCUT2D eigenvalue weighted by Gasteiger charge is 2.34. The number of sulfonamides is 1. The average molecular weight is 424 g/mol. The molecule has 128 valence electrons. The highest BCUT2D eigenvalue weighted by atomic mass is 79.9. The van der Waals surface area contributed by atoms with Gasteiger partial charge in [0.15, 0.2) is 0 Å². The molecule has 0 fully saturated rings. The van der Waals surface area contributed by atoms with Crippen molar-refractivity contribution in [3.63, 3.8) is 0 Å². The summed E-state index contributed by atoms with van der Waals surface area (Å²) < 4.78 is 31.6. The molecule has 2 heterocycles. The number of hydrogen-bond acceptors (Lipinski definition) is 6. The molecule has 0 saturated heterocycles. The minimum Gasteiger partial charge on any atom is -0.444 e. The van der Waals surface area contributed by atoms with Gasteiger partial charge in [-0.3, -0.25) is 5.32 Å². The van der Waals surface area contributed by atoms with Crippen molar-refractivity contribution in [2.45, 2.75) is 32.4 Å². The summed E-state index contributed by atoms with van der Waals surface area (Å²) in [7, 11) is -2.21. The number of amides is 1. The average Bonchev–Trinajstić information content (AvgIpc) is 2.79. The number of aliphatic imine (C=N–C) groups is 1. The Morgan fingerprint density at radius 2 is 2.17 bits per heavy atom. The summed E-state index contributed by atoms with van der Waals surface area (Å²) >= 11 is 4.75. The minimum absolute atomic E-state index is 0.0416. The first-order valence-corrected chi connectivity index (χ1v) is 10.0. The van der Waals surface area contributed by atoms with Crippen molar-refractivity contribution in [1.29, 1.82) is 0 Å². The Hall–Kier alpha value is -1.13. The van der Waals surface area contributed by atoms with E-state index >= 15 is 0 Å². The van der Waals surface area contributed by atoms with Gasteiger partial charge in [0.1, 0.15) is 11.6 Å². The largest absolute Gasteiger partial charge is 0.444 e. The van der Waals surface area contributed by atoms with E-state index < -0.39 is 27.8 Å². The molecule has 0 spiro atoms. The quantitative estimate of drug-likeness (QED) is 0.751. The highest BCUT2D eigenvalue weighted by Crippen LogP contribution is 2.31. The van der Waals surface area contributed by atoms with Gasteiger partial charge in [-0.15, -0.1) is 11.3 Å². The maximum absolute atomic E-state index is 12.3. The molecule has 1 aliphatic rings. The molecule has 1 aromatic heterocycles. The molecule has 0 bridgehead atoms. The highest BCUT2D eigenvalue weighted by molar-refractivity contribution is 9.10. The number of nitrogens with one attached hydrogen (secondary N) is 1. The minimum atomic E-state index is -3.56. The summed E-state index contributed by atoms with van der Waals surface area (Å²) in [5.41, 5.74) is -0.686. The zero-order valence-corrected chi connectivity index (χ0v) is 16.4. The van der Waals surface area contributed by atoms with E-state index in [1.54, 1.807) is 20.8 Å². The topological polar surface area (TPSA) is 88.1 Å². The molecular formula is C13H18BrN3O4S2. The number of hydrogen-bond donors (Lipinski definition) is 1. The van der Waals surface area contributed by atoms with E-state index in [0.29, 0.717) is 0 Å². The third kappa shape index (κ3) is 4.67. The first kappa shape index (κ1) is 18.2. The number of carbonyl (C=O) groups is 1. The zero-order valence-electron chi connectivity index (χ0n) is 13.2. The number of nitrogens with zero attached hydrogens (tertiary/aromatic N) is 2. The van der Waals surface area contributed by atoms with Crippen molar-refractivity contribution in [3.8, 4) is 0 Å².